The molecule has 17 heavy (non-hydrogen) atoms. The van der Waals surface area contributed by atoms with E-state index in [1.165, 1.54) is 0 Å². The Morgan fingerprint density at radius 3 is 2.76 bits per heavy atom. The van der Waals surface area contributed by atoms with Gasteiger partial charge in [-0.05, 0) is 20.0 Å². The summed E-state index contributed by atoms with van der Waals surface area (Å²) in [7, 11) is 3.56. The van der Waals surface area contributed by atoms with Crippen LogP contribution in [0.15, 0.2) is 24.3 Å². The zero-order valence-electron chi connectivity index (χ0n) is 10.7. The molecule has 0 saturated carbocycles. The van der Waals surface area contributed by atoms with Crippen molar-refractivity contribution in [3.8, 4) is 5.75 Å². The predicted molar refractivity (Wildman–Crippen MR) is 68.0 cm³/mol. The molecule has 4 nitrogen and oxygen atoms in total. The molecule has 0 aliphatic heterocycles. The monoisotopic (exact) mass is 236 g/mol. The molecule has 1 amide bonds. The Morgan fingerprint density at radius 2 is 2.12 bits per heavy atom. The fraction of sp³-hybridized carbons (Fsp3) is 0.462. The van der Waals surface area contributed by atoms with Crippen molar-refractivity contribution in [2.24, 2.45) is 0 Å². The van der Waals surface area contributed by atoms with E-state index >= 15 is 0 Å². The maximum absolute atomic E-state index is 11.6. The minimum absolute atomic E-state index is 0.0683. The topological polar surface area (TPSA) is 41.6 Å². The lowest BCUT2D eigenvalue weighted by Crippen LogP contribution is -2.33. The van der Waals surface area contributed by atoms with Gasteiger partial charge in [0.15, 0.2) is 0 Å². The van der Waals surface area contributed by atoms with Crippen LogP contribution in [0.3, 0.4) is 0 Å². The minimum atomic E-state index is 0.0683. The van der Waals surface area contributed by atoms with E-state index in [4.69, 9.17) is 4.74 Å². The zero-order valence-corrected chi connectivity index (χ0v) is 10.7. The molecule has 0 fully saturated rings. The highest BCUT2D eigenvalue weighted by Gasteiger charge is 2.10. The van der Waals surface area contributed by atoms with E-state index in [0.717, 1.165) is 11.3 Å². The first-order valence-corrected chi connectivity index (χ1v) is 5.78. The van der Waals surface area contributed by atoms with Gasteiger partial charge in [-0.2, -0.15) is 0 Å². The summed E-state index contributed by atoms with van der Waals surface area (Å²) in [6.07, 6.45) is 0. The lowest BCUT2D eigenvalue weighted by molar-refractivity contribution is -0.129. The summed E-state index contributed by atoms with van der Waals surface area (Å²) >= 11 is 0. The molecule has 0 bridgehead atoms. The Morgan fingerprint density at radius 1 is 1.41 bits per heavy atom. The van der Waals surface area contributed by atoms with Gasteiger partial charge in [0.1, 0.15) is 5.75 Å². The third-order valence-corrected chi connectivity index (χ3v) is 2.43. The van der Waals surface area contributed by atoms with E-state index in [2.05, 4.69) is 5.32 Å². The summed E-state index contributed by atoms with van der Waals surface area (Å²) in [5.41, 5.74) is 1.03. The van der Waals surface area contributed by atoms with Crippen molar-refractivity contribution < 1.29 is 9.53 Å². The normalized spacial score (nSPS) is 10.1. The van der Waals surface area contributed by atoms with Gasteiger partial charge >= 0.3 is 0 Å². The number of rotatable bonds is 6. The van der Waals surface area contributed by atoms with Gasteiger partial charge in [0, 0.05) is 19.2 Å². The second-order valence-electron chi connectivity index (χ2n) is 3.82. The molecule has 0 radical (unpaired) electrons. The van der Waals surface area contributed by atoms with Crippen molar-refractivity contribution >= 4 is 5.91 Å². The quantitative estimate of drug-likeness (QED) is 0.808. The largest absolute Gasteiger partial charge is 0.494 e. The molecule has 1 N–H and O–H groups in total. The van der Waals surface area contributed by atoms with Gasteiger partial charge in [0.2, 0.25) is 5.91 Å². The summed E-state index contributed by atoms with van der Waals surface area (Å²) in [6, 6.07) is 7.79. The van der Waals surface area contributed by atoms with Gasteiger partial charge in [0.05, 0.1) is 13.2 Å². The highest BCUT2D eigenvalue weighted by atomic mass is 16.5. The molecule has 0 spiro atoms. The van der Waals surface area contributed by atoms with Crippen molar-refractivity contribution in [1.82, 2.24) is 10.2 Å². The number of benzene rings is 1. The highest BCUT2D eigenvalue weighted by molar-refractivity contribution is 5.78. The lowest BCUT2D eigenvalue weighted by atomic mass is 10.2. The minimum Gasteiger partial charge on any atom is -0.494 e. The fourth-order valence-electron chi connectivity index (χ4n) is 1.56. The molecule has 0 unspecified atom stereocenters. The second-order valence-corrected chi connectivity index (χ2v) is 3.82. The van der Waals surface area contributed by atoms with E-state index in [9.17, 15) is 4.79 Å². The summed E-state index contributed by atoms with van der Waals surface area (Å²) < 4.78 is 5.52. The Hall–Kier alpha value is -1.55. The van der Waals surface area contributed by atoms with Crippen LogP contribution in [-0.2, 0) is 11.3 Å². The Balaban J connectivity index is 2.70. The van der Waals surface area contributed by atoms with Crippen molar-refractivity contribution in [3.63, 3.8) is 0 Å². The van der Waals surface area contributed by atoms with Crippen LogP contribution >= 0.6 is 0 Å². The van der Waals surface area contributed by atoms with Gasteiger partial charge in [-0.1, -0.05) is 18.2 Å². The van der Waals surface area contributed by atoms with E-state index in [1.54, 1.807) is 19.0 Å². The number of amides is 1. The van der Waals surface area contributed by atoms with Gasteiger partial charge in [0.25, 0.3) is 0 Å². The number of carbonyl (C=O) groups is 1. The molecule has 0 heterocycles. The van der Waals surface area contributed by atoms with E-state index in [-0.39, 0.29) is 5.91 Å². The summed E-state index contributed by atoms with van der Waals surface area (Å²) in [5.74, 6) is 0.915. The Labute approximate surface area is 103 Å². The predicted octanol–water partition coefficient (Wildman–Crippen LogP) is 1.26. The van der Waals surface area contributed by atoms with E-state index in [1.807, 2.05) is 31.2 Å². The molecular weight excluding hydrogens is 216 g/mol. The Kier molecular flexibility index (Phi) is 5.49. The molecule has 1 aromatic carbocycles. The summed E-state index contributed by atoms with van der Waals surface area (Å²) in [5, 5.41) is 2.85. The number of nitrogens with zero attached hydrogens (tertiary/aromatic N) is 1. The highest BCUT2D eigenvalue weighted by Crippen LogP contribution is 2.19. The maximum atomic E-state index is 11.6. The van der Waals surface area contributed by atoms with Crippen LogP contribution in [0.1, 0.15) is 12.5 Å². The Bertz CT molecular complexity index is 366. The smallest absolute Gasteiger partial charge is 0.236 e. The van der Waals surface area contributed by atoms with Crippen molar-refractivity contribution in [2.45, 2.75) is 13.5 Å². The van der Waals surface area contributed by atoms with E-state index < -0.39 is 0 Å². The third-order valence-electron chi connectivity index (χ3n) is 2.43. The number of carbonyl (C=O) groups excluding carboxylic acids is 1. The molecular formula is C13H20N2O2. The number of likely N-dealkylation sites (N-methyl/N-ethyl adjacent to an activating group) is 2. The molecule has 1 aromatic rings. The molecule has 4 heteroatoms. The number of hydrogen-bond donors (Lipinski definition) is 1. The molecule has 0 aliphatic carbocycles. The average molecular weight is 236 g/mol. The summed E-state index contributed by atoms with van der Waals surface area (Å²) in [6.45, 7) is 3.50. The first kappa shape index (κ1) is 13.5. The maximum Gasteiger partial charge on any atom is 0.236 e. The van der Waals surface area contributed by atoms with Crippen molar-refractivity contribution in [1.29, 1.82) is 0 Å². The van der Waals surface area contributed by atoms with Crippen LogP contribution in [0.5, 0.6) is 5.75 Å². The van der Waals surface area contributed by atoms with Crippen LogP contribution in [0.2, 0.25) is 0 Å². The average Bonchev–Trinajstić information content (AvgIpc) is 2.32. The third kappa shape index (κ3) is 4.07. The van der Waals surface area contributed by atoms with Crippen LogP contribution < -0.4 is 10.1 Å². The number of nitrogens with one attached hydrogen (secondary N) is 1. The number of ether oxygens (including phenoxy) is 1. The first-order chi connectivity index (χ1) is 8.19. The van der Waals surface area contributed by atoms with Crippen LogP contribution in [0.25, 0.3) is 0 Å². The zero-order chi connectivity index (χ0) is 12.7. The van der Waals surface area contributed by atoms with Crippen LogP contribution in [-0.4, -0.2) is 38.1 Å². The number of para-hydroxylation sites is 1. The van der Waals surface area contributed by atoms with Crippen LogP contribution in [0.4, 0.5) is 0 Å². The van der Waals surface area contributed by atoms with Gasteiger partial charge in [-0.3, -0.25) is 4.79 Å². The molecule has 0 atom stereocenters. The van der Waals surface area contributed by atoms with Crippen LogP contribution in [0, 0.1) is 0 Å². The molecule has 0 aromatic heterocycles. The lowest BCUT2D eigenvalue weighted by Gasteiger charge is -2.19. The number of hydrogen-bond acceptors (Lipinski definition) is 3. The molecule has 94 valence electrons. The van der Waals surface area contributed by atoms with Crippen molar-refractivity contribution in [2.75, 3.05) is 27.2 Å². The van der Waals surface area contributed by atoms with Gasteiger partial charge < -0.3 is 15.0 Å². The SMILES string of the molecule is CCOc1ccccc1CN(C)C(=O)CNC. The fourth-order valence-corrected chi connectivity index (χ4v) is 1.56. The molecule has 0 saturated heterocycles. The summed E-state index contributed by atoms with van der Waals surface area (Å²) in [4.78, 5) is 13.3. The van der Waals surface area contributed by atoms with E-state index in [0.29, 0.717) is 19.7 Å². The molecule has 1 rings (SSSR count). The standard InChI is InChI=1S/C13H20N2O2/c1-4-17-12-8-6-5-7-11(12)10-15(3)13(16)9-14-2/h5-8,14H,4,9-10H2,1-3H3. The van der Waals surface area contributed by atoms with Gasteiger partial charge in [-0.15, -0.1) is 0 Å². The second kappa shape index (κ2) is 6.91. The molecule has 0 aliphatic rings. The first-order valence-electron chi connectivity index (χ1n) is 5.78. The van der Waals surface area contributed by atoms with Crippen molar-refractivity contribution in [3.05, 3.63) is 29.8 Å². The van der Waals surface area contributed by atoms with Gasteiger partial charge in [-0.25, -0.2) is 0 Å².